The highest BCUT2D eigenvalue weighted by Crippen LogP contribution is 2.24. The molecule has 7 heteroatoms. The Hall–Kier alpha value is -2.18. The van der Waals surface area contributed by atoms with Gasteiger partial charge < -0.3 is 10.2 Å². The standard InChI is InChI=1S/C13H18N4O3/c1-9-4-3-5-16(8-9)13(18)10-6-12(14-2)15-7-11(10)17(19)20/h6-7,9H,3-5,8H2,1-2H3,(H,14,15). The van der Waals surface area contributed by atoms with Crippen molar-refractivity contribution in [2.75, 3.05) is 25.5 Å². The van der Waals surface area contributed by atoms with E-state index in [4.69, 9.17) is 0 Å². The number of carbonyl (C=O) groups excluding carboxylic acids is 1. The summed E-state index contributed by atoms with van der Waals surface area (Å²) in [6.07, 6.45) is 3.15. The lowest BCUT2D eigenvalue weighted by atomic mass is 9.99. The Morgan fingerprint density at radius 2 is 2.35 bits per heavy atom. The van der Waals surface area contributed by atoms with Crippen LogP contribution in [0.25, 0.3) is 0 Å². The maximum Gasteiger partial charge on any atom is 0.300 e. The first-order valence-corrected chi connectivity index (χ1v) is 6.64. The van der Waals surface area contributed by atoms with Gasteiger partial charge in [-0.25, -0.2) is 4.98 Å². The molecule has 1 amide bonds. The van der Waals surface area contributed by atoms with Gasteiger partial charge in [0.2, 0.25) is 0 Å². The first-order chi connectivity index (χ1) is 9.52. The van der Waals surface area contributed by atoms with Crippen LogP contribution in [0.15, 0.2) is 12.3 Å². The molecule has 7 nitrogen and oxygen atoms in total. The Bertz CT molecular complexity index is 532. The molecule has 0 saturated carbocycles. The van der Waals surface area contributed by atoms with E-state index in [1.165, 1.54) is 6.07 Å². The van der Waals surface area contributed by atoms with Crippen molar-refractivity contribution < 1.29 is 9.72 Å². The Morgan fingerprint density at radius 3 is 2.95 bits per heavy atom. The number of nitro groups is 1. The maximum absolute atomic E-state index is 12.5. The molecule has 2 heterocycles. The topological polar surface area (TPSA) is 88.4 Å². The number of rotatable bonds is 3. The number of anilines is 1. The molecule has 1 atom stereocenters. The second kappa shape index (κ2) is 5.85. The predicted octanol–water partition coefficient (Wildman–Crippen LogP) is 1.90. The third-order valence-electron chi connectivity index (χ3n) is 3.51. The lowest BCUT2D eigenvalue weighted by Gasteiger charge is -2.30. The third-order valence-corrected chi connectivity index (χ3v) is 3.51. The molecule has 0 bridgehead atoms. The van der Waals surface area contributed by atoms with Crippen molar-refractivity contribution in [2.45, 2.75) is 19.8 Å². The van der Waals surface area contributed by atoms with Gasteiger partial charge in [-0.3, -0.25) is 14.9 Å². The van der Waals surface area contributed by atoms with Crippen LogP contribution in [-0.2, 0) is 0 Å². The van der Waals surface area contributed by atoms with Crippen molar-refractivity contribution in [3.05, 3.63) is 27.9 Å². The molecule has 1 fully saturated rings. The minimum Gasteiger partial charge on any atom is -0.373 e. The summed E-state index contributed by atoms with van der Waals surface area (Å²) in [5.41, 5.74) is -0.143. The molecule has 0 aromatic carbocycles. The third kappa shape index (κ3) is 2.87. The van der Waals surface area contributed by atoms with E-state index in [9.17, 15) is 14.9 Å². The van der Waals surface area contributed by atoms with Crippen LogP contribution >= 0.6 is 0 Å². The Labute approximate surface area is 117 Å². The molecule has 1 N–H and O–H groups in total. The highest BCUT2D eigenvalue weighted by Gasteiger charge is 2.28. The van der Waals surface area contributed by atoms with Crippen LogP contribution in [0, 0.1) is 16.0 Å². The monoisotopic (exact) mass is 278 g/mol. The van der Waals surface area contributed by atoms with Gasteiger partial charge in [0, 0.05) is 26.2 Å². The lowest BCUT2D eigenvalue weighted by Crippen LogP contribution is -2.39. The zero-order valence-electron chi connectivity index (χ0n) is 11.6. The molecule has 20 heavy (non-hydrogen) atoms. The van der Waals surface area contributed by atoms with Crippen LogP contribution in [-0.4, -0.2) is 40.9 Å². The SMILES string of the molecule is CNc1cc(C(=O)N2CCCC(C)C2)c([N+](=O)[O-])cn1. The summed E-state index contributed by atoms with van der Waals surface area (Å²) < 4.78 is 0. The summed E-state index contributed by atoms with van der Waals surface area (Å²) in [4.78, 5) is 28.6. The lowest BCUT2D eigenvalue weighted by molar-refractivity contribution is -0.385. The van der Waals surface area contributed by atoms with Crippen molar-refractivity contribution in [1.29, 1.82) is 0 Å². The van der Waals surface area contributed by atoms with Gasteiger partial charge in [-0.15, -0.1) is 0 Å². The van der Waals surface area contributed by atoms with Crippen molar-refractivity contribution in [3.8, 4) is 0 Å². The Balaban J connectivity index is 2.34. The molecular formula is C13H18N4O3. The largest absolute Gasteiger partial charge is 0.373 e. The van der Waals surface area contributed by atoms with Crippen LogP contribution < -0.4 is 5.32 Å². The van der Waals surface area contributed by atoms with E-state index in [1.54, 1.807) is 11.9 Å². The number of hydrogen-bond acceptors (Lipinski definition) is 5. The van der Waals surface area contributed by atoms with Gasteiger partial charge in [-0.05, 0) is 18.8 Å². The summed E-state index contributed by atoms with van der Waals surface area (Å²) >= 11 is 0. The van der Waals surface area contributed by atoms with Gasteiger partial charge in [0.15, 0.2) is 0 Å². The molecule has 1 unspecified atom stereocenters. The van der Waals surface area contributed by atoms with Crippen LogP contribution in [0.4, 0.5) is 11.5 Å². The van der Waals surface area contributed by atoms with Crippen LogP contribution in [0.3, 0.4) is 0 Å². The van der Waals surface area contributed by atoms with Gasteiger partial charge in [0.25, 0.3) is 11.6 Å². The quantitative estimate of drug-likeness (QED) is 0.674. The molecule has 1 saturated heterocycles. The highest BCUT2D eigenvalue weighted by atomic mass is 16.6. The molecule has 2 rings (SSSR count). The van der Waals surface area contributed by atoms with E-state index in [-0.39, 0.29) is 17.2 Å². The number of likely N-dealkylation sites (tertiary alicyclic amines) is 1. The first kappa shape index (κ1) is 14.2. The van der Waals surface area contributed by atoms with Gasteiger partial charge in [-0.1, -0.05) is 6.92 Å². The summed E-state index contributed by atoms with van der Waals surface area (Å²) in [7, 11) is 1.66. The zero-order valence-corrected chi connectivity index (χ0v) is 11.6. The van der Waals surface area contributed by atoms with Crippen LogP contribution in [0.5, 0.6) is 0 Å². The van der Waals surface area contributed by atoms with Gasteiger partial charge in [0.05, 0.1) is 4.92 Å². The fourth-order valence-electron chi connectivity index (χ4n) is 2.45. The van der Waals surface area contributed by atoms with Gasteiger partial charge in [-0.2, -0.15) is 0 Å². The normalized spacial score (nSPS) is 18.7. The van der Waals surface area contributed by atoms with E-state index < -0.39 is 4.92 Å². The highest BCUT2D eigenvalue weighted by molar-refractivity contribution is 5.98. The number of nitrogens with zero attached hydrogens (tertiary/aromatic N) is 3. The molecular weight excluding hydrogens is 260 g/mol. The van der Waals surface area contributed by atoms with E-state index in [1.807, 2.05) is 0 Å². The van der Waals surface area contributed by atoms with E-state index in [0.29, 0.717) is 24.8 Å². The number of amides is 1. The number of piperidine rings is 1. The molecule has 0 spiro atoms. The number of hydrogen-bond donors (Lipinski definition) is 1. The summed E-state index contributed by atoms with van der Waals surface area (Å²) in [5, 5.41) is 13.8. The van der Waals surface area contributed by atoms with E-state index in [0.717, 1.165) is 19.0 Å². The Kier molecular flexibility index (Phi) is 4.16. The summed E-state index contributed by atoms with van der Waals surface area (Å²) in [5.74, 6) is 0.587. The van der Waals surface area contributed by atoms with E-state index >= 15 is 0 Å². The second-order valence-corrected chi connectivity index (χ2v) is 5.09. The summed E-state index contributed by atoms with van der Waals surface area (Å²) in [6, 6.07) is 1.44. The number of carbonyl (C=O) groups is 1. The van der Waals surface area contributed by atoms with Gasteiger partial charge in [0.1, 0.15) is 17.6 Å². The van der Waals surface area contributed by atoms with Crippen molar-refractivity contribution in [3.63, 3.8) is 0 Å². The van der Waals surface area contributed by atoms with Crippen molar-refractivity contribution in [2.24, 2.45) is 5.92 Å². The van der Waals surface area contributed by atoms with Crippen molar-refractivity contribution in [1.82, 2.24) is 9.88 Å². The molecule has 1 aliphatic heterocycles. The second-order valence-electron chi connectivity index (χ2n) is 5.09. The fourth-order valence-corrected chi connectivity index (χ4v) is 2.45. The average molecular weight is 278 g/mol. The molecule has 1 aromatic rings. The number of pyridine rings is 1. The van der Waals surface area contributed by atoms with Crippen molar-refractivity contribution >= 4 is 17.4 Å². The number of aromatic nitrogens is 1. The zero-order chi connectivity index (χ0) is 14.7. The molecule has 1 aromatic heterocycles. The maximum atomic E-state index is 12.5. The average Bonchev–Trinajstić information content (AvgIpc) is 2.45. The molecule has 108 valence electrons. The Morgan fingerprint density at radius 1 is 1.60 bits per heavy atom. The fraction of sp³-hybridized carbons (Fsp3) is 0.538. The minimum absolute atomic E-state index is 0.100. The summed E-state index contributed by atoms with van der Waals surface area (Å²) in [6.45, 7) is 3.38. The van der Waals surface area contributed by atoms with E-state index in [2.05, 4.69) is 17.2 Å². The first-order valence-electron chi connectivity index (χ1n) is 6.64. The number of nitrogens with one attached hydrogen (secondary N) is 1. The smallest absolute Gasteiger partial charge is 0.300 e. The van der Waals surface area contributed by atoms with Crippen LogP contribution in [0.2, 0.25) is 0 Å². The molecule has 0 radical (unpaired) electrons. The van der Waals surface area contributed by atoms with Crippen LogP contribution in [0.1, 0.15) is 30.1 Å². The molecule has 1 aliphatic rings. The molecule has 0 aliphatic carbocycles. The minimum atomic E-state index is -0.562. The predicted molar refractivity (Wildman–Crippen MR) is 74.7 cm³/mol. The van der Waals surface area contributed by atoms with Gasteiger partial charge >= 0.3 is 0 Å².